The minimum absolute atomic E-state index is 0.0148. The van der Waals surface area contributed by atoms with Crippen molar-refractivity contribution in [1.29, 1.82) is 0 Å². The average Bonchev–Trinajstić information content (AvgIpc) is 3.13. The zero-order valence-corrected chi connectivity index (χ0v) is 15.1. The number of benzene rings is 2. The Kier molecular flexibility index (Phi) is 5.03. The lowest BCUT2D eigenvalue weighted by Gasteiger charge is -2.11. The Morgan fingerprint density at radius 2 is 1.73 bits per heavy atom. The van der Waals surface area contributed by atoms with Crippen molar-refractivity contribution in [1.82, 2.24) is 0 Å². The molecule has 1 aromatic heterocycles. The van der Waals surface area contributed by atoms with E-state index in [1.54, 1.807) is 24.3 Å². The van der Waals surface area contributed by atoms with Gasteiger partial charge in [-0.25, -0.2) is 0 Å². The summed E-state index contributed by atoms with van der Waals surface area (Å²) in [7, 11) is 0. The second kappa shape index (κ2) is 7.40. The van der Waals surface area contributed by atoms with Crippen LogP contribution >= 0.6 is 0 Å². The molecule has 2 aromatic carbocycles. The number of carbonyl (C=O) groups is 2. The van der Waals surface area contributed by atoms with Crippen molar-refractivity contribution >= 4 is 17.4 Å². The van der Waals surface area contributed by atoms with Crippen LogP contribution < -0.4 is 5.32 Å². The topological polar surface area (TPSA) is 59.3 Å². The summed E-state index contributed by atoms with van der Waals surface area (Å²) in [6, 6.07) is 16.5. The molecule has 0 spiro atoms. The first-order valence-electron chi connectivity index (χ1n) is 8.60. The van der Waals surface area contributed by atoms with Crippen LogP contribution in [-0.4, -0.2) is 11.7 Å². The number of ketones is 1. The molecule has 0 atom stereocenters. The number of hydrogen-bond donors (Lipinski definition) is 1. The fraction of sp³-hybridized carbons (Fsp3) is 0.182. The number of amides is 1. The molecule has 1 N–H and O–H groups in total. The van der Waals surface area contributed by atoms with Gasteiger partial charge < -0.3 is 9.73 Å². The Balaban J connectivity index is 1.81. The fourth-order valence-electron chi connectivity index (χ4n) is 2.86. The maximum atomic E-state index is 12.6. The Hall–Kier alpha value is -3.14. The Bertz CT molecular complexity index is 952. The maximum Gasteiger partial charge on any atom is 0.291 e. The van der Waals surface area contributed by atoms with E-state index >= 15 is 0 Å². The molecule has 1 heterocycles. The number of furan rings is 1. The van der Waals surface area contributed by atoms with Gasteiger partial charge in [-0.1, -0.05) is 49.4 Å². The van der Waals surface area contributed by atoms with Gasteiger partial charge in [0.15, 0.2) is 11.5 Å². The summed E-state index contributed by atoms with van der Waals surface area (Å²) in [5.41, 5.74) is 4.40. The van der Waals surface area contributed by atoms with E-state index in [9.17, 15) is 9.59 Å². The lowest BCUT2D eigenvalue weighted by Crippen LogP contribution is -2.13. The standard InChI is InChI=1S/C22H21NO3/c1-4-16-7-5-6-14(2)21(16)23-22(25)20-13-12-19(26-20)18-10-8-17(9-11-18)15(3)24/h5-13H,4H2,1-3H3,(H,23,25). The van der Waals surface area contributed by atoms with Crippen molar-refractivity contribution in [2.45, 2.75) is 27.2 Å². The van der Waals surface area contributed by atoms with Crippen LogP contribution in [0.5, 0.6) is 0 Å². The summed E-state index contributed by atoms with van der Waals surface area (Å²) >= 11 is 0. The van der Waals surface area contributed by atoms with E-state index in [0.29, 0.717) is 11.3 Å². The van der Waals surface area contributed by atoms with Crippen LogP contribution in [0.1, 0.15) is 45.9 Å². The first-order chi connectivity index (χ1) is 12.5. The van der Waals surface area contributed by atoms with Gasteiger partial charge >= 0.3 is 0 Å². The Labute approximate surface area is 152 Å². The fourth-order valence-corrected chi connectivity index (χ4v) is 2.86. The molecule has 0 saturated heterocycles. The predicted octanol–water partition coefficient (Wildman–Crippen LogP) is 5.27. The Morgan fingerprint density at radius 1 is 1.00 bits per heavy atom. The van der Waals surface area contributed by atoms with Crippen LogP contribution in [0.4, 0.5) is 5.69 Å². The number of Topliss-reactive ketones (excluding diaryl/α,β-unsaturated/α-hetero) is 1. The molecule has 0 aliphatic rings. The van der Waals surface area contributed by atoms with Crippen LogP contribution in [0, 0.1) is 6.92 Å². The Morgan fingerprint density at radius 3 is 2.38 bits per heavy atom. The minimum Gasteiger partial charge on any atom is -0.451 e. The van der Waals surface area contributed by atoms with E-state index in [-0.39, 0.29) is 17.5 Å². The number of hydrogen-bond acceptors (Lipinski definition) is 3. The summed E-state index contributed by atoms with van der Waals surface area (Å²) in [6.07, 6.45) is 0.837. The molecule has 0 fully saturated rings. The van der Waals surface area contributed by atoms with E-state index in [1.807, 2.05) is 37.3 Å². The van der Waals surface area contributed by atoms with Gasteiger partial charge in [0.1, 0.15) is 5.76 Å². The third kappa shape index (κ3) is 3.59. The molecule has 26 heavy (non-hydrogen) atoms. The minimum atomic E-state index is -0.277. The summed E-state index contributed by atoms with van der Waals surface area (Å²) in [4.78, 5) is 23.9. The summed E-state index contributed by atoms with van der Waals surface area (Å²) in [5, 5.41) is 2.96. The number of rotatable bonds is 5. The molecule has 0 radical (unpaired) electrons. The van der Waals surface area contributed by atoms with E-state index in [1.165, 1.54) is 6.92 Å². The van der Waals surface area contributed by atoms with Gasteiger partial charge in [-0.2, -0.15) is 0 Å². The predicted molar refractivity (Wildman–Crippen MR) is 103 cm³/mol. The first kappa shape index (κ1) is 17.7. The van der Waals surface area contributed by atoms with Gasteiger partial charge in [0.25, 0.3) is 5.91 Å². The second-order valence-electron chi connectivity index (χ2n) is 6.21. The van der Waals surface area contributed by atoms with Gasteiger partial charge in [0.2, 0.25) is 0 Å². The lowest BCUT2D eigenvalue weighted by molar-refractivity contribution is 0.0994. The van der Waals surface area contributed by atoms with E-state index in [2.05, 4.69) is 12.2 Å². The highest BCUT2D eigenvalue weighted by atomic mass is 16.3. The molecule has 0 aliphatic carbocycles. The second-order valence-corrected chi connectivity index (χ2v) is 6.21. The molecule has 3 rings (SSSR count). The zero-order valence-electron chi connectivity index (χ0n) is 15.1. The zero-order chi connectivity index (χ0) is 18.7. The highest BCUT2D eigenvalue weighted by Gasteiger charge is 2.15. The number of para-hydroxylation sites is 1. The first-order valence-corrected chi connectivity index (χ1v) is 8.60. The SMILES string of the molecule is CCc1cccc(C)c1NC(=O)c1ccc(-c2ccc(C(C)=O)cc2)o1. The smallest absolute Gasteiger partial charge is 0.291 e. The number of aryl methyl sites for hydroxylation is 2. The number of carbonyl (C=O) groups excluding carboxylic acids is 2. The van der Waals surface area contributed by atoms with Gasteiger partial charge in [-0.05, 0) is 43.5 Å². The van der Waals surface area contributed by atoms with Crippen molar-refractivity contribution in [2.75, 3.05) is 5.32 Å². The van der Waals surface area contributed by atoms with Crippen LogP contribution in [0.2, 0.25) is 0 Å². The van der Waals surface area contributed by atoms with E-state index in [0.717, 1.165) is 28.8 Å². The molecular formula is C22H21NO3. The monoisotopic (exact) mass is 347 g/mol. The van der Waals surface area contributed by atoms with Crippen molar-refractivity contribution in [2.24, 2.45) is 0 Å². The quantitative estimate of drug-likeness (QED) is 0.639. The highest BCUT2D eigenvalue weighted by Crippen LogP contribution is 2.25. The summed E-state index contributed by atoms with van der Waals surface area (Å²) < 4.78 is 5.72. The third-order valence-corrected chi connectivity index (χ3v) is 4.38. The van der Waals surface area contributed by atoms with Gasteiger partial charge in [0.05, 0.1) is 0 Å². The van der Waals surface area contributed by atoms with Crippen LogP contribution in [0.3, 0.4) is 0 Å². The molecule has 0 unspecified atom stereocenters. The summed E-state index contributed by atoms with van der Waals surface area (Å²) in [5.74, 6) is 0.577. The van der Waals surface area contributed by atoms with E-state index < -0.39 is 0 Å². The number of anilines is 1. The lowest BCUT2D eigenvalue weighted by atomic mass is 10.1. The number of nitrogens with one attached hydrogen (secondary N) is 1. The molecule has 4 heteroatoms. The normalized spacial score (nSPS) is 10.6. The largest absolute Gasteiger partial charge is 0.451 e. The summed E-state index contributed by atoms with van der Waals surface area (Å²) in [6.45, 7) is 5.56. The molecule has 4 nitrogen and oxygen atoms in total. The molecular weight excluding hydrogens is 326 g/mol. The molecule has 0 aliphatic heterocycles. The van der Waals surface area contributed by atoms with Crippen molar-refractivity contribution in [3.05, 3.63) is 77.0 Å². The van der Waals surface area contributed by atoms with Crippen LogP contribution in [0.25, 0.3) is 11.3 Å². The molecule has 1 amide bonds. The van der Waals surface area contributed by atoms with E-state index in [4.69, 9.17) is 4.42 Å². The molecule has 132 valence electrons. The van der Waals surface area contributed by atoms with Crippen LogP contribution in [-0.2, 0) is 6.42 Å². The highest BCUT2D eigenvalue weighted by molar-refractivity contribution is 6.03. The van der Waals surface area contributed by atoms with Crippen molar-refractivity contribution in [3.8, 4) is 11.3 Å². The molecule has 0 saturated carbocycles. The van der Waals surface area contributed by atoms with Gasteiger partial charge in [-0.15, -0.1) is 0 Å². The third-order valence-electron chi connectivity index (χ3n) is 4.38. The molecule has 0 bridgehead atoms. The van der Waals surface area contributed by atoms with Gasteiger partial charge in [-0.3, -0.25) is 9.59 Å². The van der Waals surface area contributed by atoms with Crippen molar-refractivity contribution < 1.29 is 14.0 Å². The van der Waals surface area contributed by atoms with Crippen molar-refractivity contribution in [3.63, 3.8) is 0 Å². The van der Waals surface area contributed by atoms with Crippen LogP contribution in [0.15, 0.2) is 59.0 Å². The average molecular weight is 347 g/mol. The maximum absolute atomic E-state index is 12.6. The molecule has 3 aromatic rings. The van der Waals surface area contributed by atoms with Gasteiger partial charge in [0, 0.05) is 16.8 Å².